The smallest absolute Gasteiger partial charge is 0.0685 e. The minimum Gasteiger partial charge on any atom is -0.396 e. The summed E-state index contributed by atoms with van der Waals surface area (Å²) in [6, 6.07) is 0. The molecule has 0 saturated carbocycles. The van der Waals surface area contributed by atoms with Gasteiger partial charge in [-0.1, -0.05) is 0 Å². The summed E-state index contributed by atoms with van der Waals surface area (Å²) in [5.41, 5.74) is 7.15. The van der Waals surface area contributed by atoms with Gasteiger partial charge in [0.25, 0.3) is 0 Å². The molecule has 0 bridgehead atoms. The van der Waals surface area contributed by atoms with Crippen LogP contribution >= 0.6 is 0 Å². The number of piperidine rings is 1. The molecule has 4 N–H and O–H groups in total. The fraction of sp³-hybridized carbons (Fsp3) is 0.571. The molecule has 1 aliphatic heterocycles. The molecule has 10 heavy (non-hydrogen) atoms. The molecule has 0 aliphatic carbocycles. The number of rotatable bonds is 1. The first-order chi connectivity index (χ1) is 4.84. The van der Waals surface area contributed by atoms with Crippen LogP contribution in [0, 0.1) is 5.41 Å². The van der Waals surface area contributed by atoms with Crippen molar-refractivity contribution in [1.82, 2.24) is 5.32 Å². The predicted octanol–water partition coefficient (Wildman–Crippen LogP) is 0.580. The van der Waals surface area contributed by atoms with Gasteiger partial charge in [0.05, 0.1) is 5.70 Å². The molecular weight excluding hydrogens is 126 g/mol. The quantitative estimate of drug-likeness (QED) is 0.465. The van der Waals surface area contributed by atoms with E-state index in [1.807, 2.05) is 0 Å². The monoisotopic (exact) mass is 139 g/mol. The molecule has 1 fully saturated rings. The maximum absolute atomic E-state index is 6.90. The molecule has 1 aliphatic rings. The Kier molecular flexibility index (Phi) is 2.31. The third-order valence-electron chi connectivity index (χ3n) is 1.70. The summed E-state index contributed by atoms with van der Waals surface area (Å²) in [5, 5.41) is 10.1. The summed E-state index contributed by atoms with van der Waals surface area (Å²) in [6.07, 6.45) is 4.61. The molecule has 0 spiro atoms. The van der Waals surface area contributed by atoms with Crippen molar-refractivity contribution in [3.63, 3.8) is 0 Å². The Morgan fingerprint density at radius 1 is 1.60 bits per heavy atom. The maximum Gasteiger partial charge on any atom is 0.0685 e. The second kappa shape index (κ2) is 3.25. The Bertz CT molecular complexity index is 152. The van der Waals surface area contributed by atoms with Crippen molar-refractivity contribution in [1.29, 1.82) is 5.41 Å². The normalized spacial score (nSPS) is 23.2. The van der Waals surface area contributed by atoms with Gasteiger partial charge < -0.3 is 16.5 Å². The van der Waals surface area contributed by atoms with E-state index < -0.39 is 0 Å². The van der Waals surface area contributed by atoms with E-state index >= 15 is 0 Å². The lowest BCUT2D eigenvalue weighted by atomic mass is 10.1. The first kappa shape index (κ1) is 7.12. The van der Waals surface area contributed by atoms with Crippen LogP contribution in [-0.2, 0) is 0 Å². The molecule has 0 amide bonds. The highest BCUT2D eigenvalue weighted by molar-refractivity contribution is 5.75. The zero-order valence-corrected chi connectivity index (χ0v) is 5.98. The molecule has 1 saturated heterocycles. The first-order valence-corrected chi connectivity index (χ1v) is 3.57. The van der Waals surface area contributed by atoms with Gasteiger partial charge in [-0.2, -0.15) is 0 Å². The van der Waals surface area contributed by atoms with Gasteiger partial charge in [-0.05, 0) is 19.3 Å². The molecule has 56 valence electrons. The topological polar surface area (TPSA) is 61.9 Å². The van der Waals surface area contributed by atoms with Gasteiger partial charge >= 0.3 is 0 Å². The van der Waals surface area contributed by atoms with E-state index in [1.165, 1.54) is 19.1 Å². The Hall–Kier alpha value is -0.990. The lowest BCUT2D eigenvalue weighted by molar-refractivity contribution is 0.584. The number of hydrogen-bond acceptors (Lipinski definition) is 3. The molecule has 0 unspecified atom stereocenters. The first-order valence-electron chi connectivity index (χ1n) is 3.57. The van der Waals surface area contributed by atoms with E-state index in [-0.39, 0.29) is 0 Å². The Morgan fingerprint density at radius 2 is 2.40 bits per heavy atom. The van der Waals surface area contributed by atoms with Gasteiger partial charge in [0, 0.05) is 18.5 Å². The highest BCUT2D eigenvalue weighted by Crippen LogP contribution is 2.10. The Labute approximate surface area is 60.8 Å². The van der Waals surface area contributed by atoms with E-state index in [4.69, 9.17) is 11.1 Å². The van der Waals surface area contributed by atoms with E-state index in [9.17, 15) is 0 Å². The lowest BCUT2D eigenvalue weighted by Gasteiger charge is -2.17. The fourth-order valence-electron chi connectivity index (χ4n) is 1.09. The molecule has 0 aromatic carbocycles. The van der Waals surface area contributed by atoms with Crippen molar-refractivity contribution in [3.8, 4) is 0 Å². The summed E-state index contributed by atoms with van der Waals surface area (Å²) in [4.78, 5) is 0. The van der Waals surface area contributed by atoms with Crippen LogP contribution in [0.3, 0.4) is 0 Å². The van der Waals surface area contributed by atoms with Crippen LogP contribution in [0.2, 0.25) is 0 Å². The minimum atomic E-state index is 0.583. The van der Waals surface area contributed by atoms with Crippen molar-refractivity contribution in [2.24, 2.45) is 5.73 Å². The van der Waals surface area contributed by atoms with Crippen LogP contribution in [0.4, 0.5) is 0 Å². The van der Waals surface area contributed by atoms with E-state index in [0.29, 0.717) is 5.70 Å². The van der Waals surface area contributed by atoms with Crippen molar-refractivity contribution in [2.75, 3.05) is 6.54 Å². The largest absolute Gasteiger partial charge is 0.396 e. The second-order valence-electron chi connectivity index (χ2n) is 2.46. The summed E-state index contributed by atoms with van der Waals surface area (Å²) in [5.74, 6) is 0. The number of nitrogens with two attached hydrogens (primary N) is 1. The van der Waals surface area contributed by atoms with Gasteiger partial charge in [-0.15, -0.1) is 0 Å². The van der Waals surface area contributed by atoms with Gasteiger partial charge in [0.15, 0.2) is 0 Å². The van der Waals surface area contributed by atoms with Crippen LogP contribution in [0.5, 0.6) is 0 Å². The van der Waals surface area contributed by atoms with E-state index in [2.05, 4.69) is 5.32 Å². The molecule has 0 radical (unpaired) electrons. The van der Waals surface area contributed by atoms with Crippen molar-refractivity contribution in [2.45, 2.75) is 19.3 Å². The van der Waals surface area contributed by atoms with E-state index in [1.54, 1.807) is 0 Å². The van der Waals surface area contributed by atoms with Crippen LogP contribution in [0.1, 0.15) is 19.3 Å². The summed E-state index contributed by atoms with van der Waals surface area (Å²) >= 11 is 0. The highest BCUT2D eigenvalue weighted by Gasteiger charge is 2.05. The molecule has 0 aromatic rings. The van der Waals surface area contributed by atoms with Crippen LogP contribution in [-0.4, -0.2) is 12.8 Å². The highest BCUT2D eigenvalue weighted by atomic mass is 14.9. The molecule has 0 aromatic heterocycles. The van der Waals surface area contributed by atoms with Gasteiger partial charge in [-0.3, -0.25) is 0 Å². The van der Waals surface area contributed by atoms with Crippen LogP contribution in [0.25, 0.3) is 0 Å². The summed E-state index contributed by atoms with van der Waals surface area (Å²) < 4.78 is 0. The molecular formula is C7H13N3. The zero-order chi connectivity index (χ0) is 7.40. The lowest BCUT2D eigenvalue weighted by Crippen LogP contribution is -2.24. The maximum atomic E-state index is 6.90. The standard InChI is InChI=1S/C7H13N3/c8-5-6(9)7-3-1-2-4-10-7/h5,8,10H,1-4,9H2/b7-6+,8-5?. The third-order valence-corrected chi connectivity index (χ3v) is 1.70. The fourth-order valence-corrected chi connectivity index (χ4v) is 1.09. The average molecular weight is 139 g/mol. The molecule has 3 heteroatoms. The summed E-state index contributed by atoms with van der Waals surface area (Å²) in [6.45, 7) is 1.00. The SMILES string of the molecule is N=C/C(N)=C1/CCCCN1. The van der Waals surface area contributed by atoms with Crippen molar-refractivity contribution < 1.29 is 0 Å². The Balaban J connectivity index is 2.59. The third kappa shape index (κ3) is 1.50. The Morgan fingerprint density at radius 3 is 2.90 bits per heavy atom. The molecule has 3 nitrogen and oxygen atoms in total. The summed E-state index contributed by atoms with van der Waals surface area (Å²) in [7, 11) is 0. The van der Waals surface area contributed by atoms with Crippen molar-refractivity contribution in [3.05, 3.63) is 11.4 Å². The van der Waals surface area contributed by atoms with Crippen molar-refractivity contribution >= 4 is 6.21 Å². The van der Waals surface area contributed by atoms with Gasteiger partial charge in [0.2, 0.25) is 0 Å². The molecule has 0 atom stereocenters. The zero-order valence-electron chi connectivity index (χ0n) is 5.98. The second-order valence-corrected chi connectivity index (χ2v) is 2.46. The van der Waals surface area contributed by atoms with Crippen LogP contribution in [0.15, 0.2) is 11.4 Å². The molecule has 1 rings (SSSR count). The number of nitrogens with one attached hydrogen (secondary N) is 2. The predicted molar refractivity (Wildman–Crippen MR) is 41.9 cm³/mol. The van der Waals surface area contributed by atoms with E-state index in [0.717, 1.165) is 18.7 Å². The minimum absolute atomic E-state index is 0.583. The van der Waals surface area contributed by atoms with Gasteiger partial charge in [-0.25, -0.2) is 0 Å². The number of hydrogen-bond donors (Lipinski definition) is 3. The average Bonchev–Trinajstić information content (AvgIpc) is 2.05. The number of allylic oxidation sites excluding steroid dienone is 2. The molecule has 1 heterocycles. The van der Waals surface area contributed by atoms with Crippen LogP contribution < -0.4 is 11.1 Å². The van der Waals surface area contributed by atoms with Gasteiger partial charge in [0.1, 0.15) is 0 Å².